The number of benzene rings is 1. The smallest absolute Gasteiger partial charge is 0.226 e. The minimum absolute atomic E-state index is 0.0583. The first-order chi connectivity index (χ1) is 9.72. The monoisotopic (exact) mass is 272 g/mol. The van der Waals surface area contributed by atoms with Crippen molar-refractivity contribution in [2.24, 2.45) is 7.05 Å². The van der Waals surface area contributed by atoms with Crippen LogP contribution in [0.2, 0.25) is 0 Å². The topological polar surface area (TPSA) is 69.0 Å². The Labute approximate surface area is 116 Å². The van der Waals surface area contributed by atoms with E-state index in [0.29, 0.717) is 18.8 Å². The van der Waals surface area contributed by atoms with E-state index in [-0.39, 0.29) is 18.4 Å². The van der Waals surface area contributed by atoms with Crippen molar-refractivity contribution in [2.75, 3.05) is 6.54 Å². The zero-order chi connectivity index (χ0) is 13.9. The van der Waals surface area contributed by atoms with Crippen molar-refractivity contribution in [2.45, 2.75) is 19.1 Å². The molecule has 1 atom stereocenters. The molecule has 20 heavy (non-hydrogen) atoms. The SMILES string of the molecule is Cn1ncc(CC(=O)NCC2OCc3ccccc32)n1. The summed E-state index contributed by atoms with van der Waals surface area (Å²) in [5, 5.41) is 10.9. The fourth-order valence-electron chi connectivity index (χ4n) is 2.33. The number of carbonyl (C=O) groups excluding carboxylic acids is 1. The molecule has 0 saturated carbocycles. The normalized spacial score (nSPS) is 16.9. The average Bonchev–Trinajstić information content (AvgIpc) is 3.03. The number of hydrogen-bond donors (Lipinski definition) is 1. The highest BCUT2D eigenvalue weighted by Gasteiger charge is 2.22. The maximum Gasteiger partial charge on any atom is 0.226 e. The molecule has 2 heterocycles. The molecule has 0 fully saturated rings. The minimum Gasteiger partial charge on any atom is -0.367 e. The number of aromatic nitrogens is 3. The number of amides is 1. The molecule has 1 N–H and O–H groups in total. The van der Waals surface area contributed by atoms with E-state index in [2.05, 4.69) is 21.6 Å². The summed E-state index contributed by atoms with van der Waals surface area (Å²) < 4.78 is 5.68. The number of ether oxygens (including phenoxy) is 1. The lowest BCUT2D eigenvalue weighted by Gasteiger charge is -2.12. The number of nitrogens with zero attached hydrogens (tertiary/aromatic N) is 3. The van der Waals surface area contributed by atoms with Crippen molar-refractivity contribution in [3.63, 3.8) is 0 Å². The summed E-state index contributed by atoms with van der Waals surface area (Å²) in [6.07, 6.45) is 1.78. The molecular formula is C14H16N4O2. The van der Waals surface area contributed by atoms with E-state index >= 15 is 0 Å². The molecule has 3 rings (SSSR count). The Bertz CT molecular complexity index is 623. The third kappa shape index (κ3) is 2.70. The zero-order valence-corrected chi connectivity index (χ0v) is 11.2. The maximum atomic E-state index is 11.8. The van der Waals surface area contributed by atoms with E-state index < -0.39 is 0 Å². The Morgan fingerprint density at radius 2 is 2.35 bits per heavy atom. The van der Waals surface area contributed by atoms with Crippen LogP contribution in [0.3, 0.4) is 0 Å². The van der Waals surface area contributed by atoms with Gasteiger partial charge in [0.05, 0.1) is 24.9 Å². The highest BCUT2D eigenvalue weighted by atomic mass is 16.5. The summed E-state index contributed by atoms with van der Waals surface area (Å²) in [4.78, 5) is 13.3. The molecule has 0 aliphatic carbocycles. The summed E-state index contributed by atoms with van der Waals surface area (Å²) >= 11 is 0. The third-order valence-electron chi connectivity index (χ3n) is 3.32. The third-order valence-corrected chi connectivity index (χ3v) is 3.32. The Hall–Kier alpha value is -2.21. The lowest BCUT2D eigenvalue weighted by atomic mass is 10.1. The molecule has 0 saturated heterocycles. The molecule has 1 aromatic heterocycles. The molecule has 6 heteroatoms. The average molecular weight is 272 g/mol. The van der Waals surface area contributed by atoms with Gasteiger partial charge in [-0.25, -0.2) is 0 Å². The molecule has 0 bridgehead atoms. The predicted molar refractivity (Wildman–Crippen MR) is 71.7 cm³/mol. The lowest BCUT2D eigenvalue weighted by Crippen LogP contribution is -2.29. The van der Waals surface area contributed by atoms with Gasteiger partial charge in [-0.1, -0.05) is 24.3 Å². The van der Waals surface area contributed by atoms with Crippen molar-refractivity contribution in [3.8, 4) is 0 Å². The summed E-state index contributed by atoms with van der Waals surface area (Å²) in [5.41, 5.74) is 3.02. The van der Waals surface area contributed by atoms with E-state index in [1.165, 1.54) is 10.4 Å². The second-order valence-electron chi connectivity index (χ2n) is 4.80. The summed E-state index contributed by atoms with van der Waals surface area (Å²) in [6.45, 7) is 1.09. The fraction of sp³-hybridized carbons (Fsp3) is 0.357. The van der Waals surface area contributed by atoms with Crippen LogP contribution in [-0.4, -0.2) is 27.4 Å². The van der Waals surface area contributed by atoms with Crippen LogP contribution in [0.5, 0.6) is 0 Å². The first-order valence-electron chi connectivity index (χ1n) is 6.53. The van der Waals surface area contributed by atoms with Gasteiger partial charge in [-0.05, 0) is 11.1 Å². The van der Waals surface area contributed by atoms with E-state index in [1.807, 2.05) is 18.2 Å². The Morgan fingerprint density at radius 3 is 3.15 bits per heavy atom. The highest BCUT2D eigenvalue weighted by Crippen LogP contribution is 2.29. The van der Waals surface area contributed by atoms with Crippen LogP contribution in [0.4, 0.5) is 0 Å². The summed E-state index contributed by atoms with van der Waals surface area (Å²) in [6, 6.07) is 8.08. The molecule has 0 spiro atoms. The van der Waals surface area contributed by atoms with Crippen molar-refractivity contribution >= 4 is 5.91 Å². The van der Waals surface area contributed by atoms with Gasteiger partial charge in [0, 0.05) is 13.6 Å². The Morgan fingerprint density at radius 1 is 1.50 bits per heavy atom. The molecule has 0 radical (unpaired) electrons. The number of aryl methyl sites for hydroxylation is 1. The van der Waals surface area contributed by atoms with Gasteiger partial charge in [0.1, 0.15) is 6.10 Å². The summed E-state index contributed by atoms with van der Waals surface area (Å²) in [7, 11) is 1.73. The zero-order valence-electron chi connectivity index (χ0n) is 11.2. The van der Waals surface area contributed by atoms with E-state index in [4.69, 9.17) is 4.74 Å². The van der Waals surface area contributed by atoms with Gasteiger partial charge in [0.15, 0.2) is 0 Å². The fourth-order valence-corrected chi connectivity index (χ4v) is 2.33. The standard InChI is InChI=1S/C14H16N4O2/c1-18-16-7-11(17-18)6-14(19)15-8-13-12-5-3-2-4-10(12)9-20-13/h2-5,7,13H,6,8-9H2,1H3,(H,15,19). The van der Waals surface area contributed by atoms with Crippen LogP contribution in [0.1, 0.15) is 22.9 Å². The first kappa shape index (κ1) is 12.8. The Kier molecular flexibility index (Phi) is 3.47. The molecule has 104 valence electrons. The Balaban J connectivity index is 1.54. The second-order valence-corrected chi connectivity index (χ2v) is 4.80. The van der Waals surface area contributed by atoms with Crippen molar-refractivity contribution in [3.05, 3.63) is 47.3 Å². The number of rotatable bonds is 4. The number of carbonyl (C=O) groups is 1. The van der Waals surface area contributed by atoms with Gasteiger partial charge in [0.2, 0.25) is 5.91 Å². The molecule has 6 nitrogen and oxygen atoms in total. The van der Waals surface area contributed by atoms with Crippen molar-refractivity contribution in [1.82, 2.24) is 20.3 Å². The number of nitrogens with one attached hydrogen (secondary N) is 1. The number of hydrogen-bond acceptors (Lipinski definition) is 4. The van der Waals surface area contributed by atoms with Gasteiger partial charge >= 0.3 is 0 Å². The van der Waals surface area contributed by atoms with Crippen LogP contribution in [0.25, 0.3) is 0 Å². The van der Waals surface area contributed by atoms with Gasteiger partial charge < -0.3 is 10.1 Å². The quantitative estimate of drug-likeness (QED) is 0.891. The molecule has 1 aliphatic rings. The molecule has 1 aromatic carbocycles. The van der Waals surface area contributed by atoms with Crippen LogP contribution in [0, 0.1) is 0 Å². The highest BCUT2D eigenvalue weighted by molar-refractivity contribution is 5.78. The second kappa shape index (κ2) is 5.42. The van der Waals surface area contributed by atoms with E-state index in [0.717, 1.165) is 5.56 Å². The molecule has 2 aromatic rings. The van der Waals surface area contributed by atoms with Gasteiger partial charge in [-0.15, -0.1) is 0 Å². The van der Waals surface area contributed by atoms with Crippen LogP contribution in [0.15, 0.2) is 30.5 Å². The molecular weight excluding hydrogens is 256 g/mol. The van der Waals surface area contributed by atoms with Gasteiger partial charge in [0.25, 0.3) is 0 Å². The van der Waals surface area contributed by atoms with Crippen LogP contribution >= 0.6 is 0 Å². The van der Waals surface area contributed by atoms with Crippen molar-refractivity contribution in [1.29, 1.82) is 0 Å². The lowest BCUT2D eigenvalue weighted by molar-refractivity contribution is -0.121. The first-order valence-corrected chi connectivity index (χ1v) is 6.53. The van der Waals surface area contributed by atoms with E-state index in [1.54, 1.807) is 13.2 Å². The number of fused-ring (bicyclic) bond motifs is 1. The van der Waals surface area contributed by atoms with Crippen LogP contribution < -0.4 is 5.32 Å². The van der Waals surface area contributed by atoms with Gasteiger partial charge in [-0.2, -0.15) is 15.0 Å². The molecule has 1 aliphatic heterocycles. The summed E-state index contributed by atoms with van der Waals surface area (Å²) in [5.74, 6) is -0.0709. The van der Waals surface area contributed by atoms with Crippen molar-refractivity contribution < 1.29 is 9.53 Å². The molecule has 1 unspecified atom stereocenters. The molecule has 1 amide bonds. The van der Waals surface area contributed by atoms with E-state index in [9.17, 15) is 4.79 Å². The maximum absolute atomic E-state index is 11.8. The van der Waals surface area contributed by atoms with Gasteiger partial charge in [-0.3, -0.25) is 4.79 Å². The minimum atomic E-state index is -0.0709. The largest absolute Gasteiger partial charge is 0.367 e. The predicted octanol–water partition coefficient (Wildman–Crippen LogP) is 0.745. The van der Waals surface area contributed by atoms with Crippen LogP contribution in [-0.2, 0) is 29.6 Å².